The van der Waals surface area contributed by atoms with Gasteiger partial charge in [-0.15, -0.1) is 11.3 Å². The summed E-state index contributed by atoms with van der Waals surface area (Å²) >= 11 is 1.66. The van der Waals surface area contributed by atoms with Gasteiger partial charge in [-0.25, -0.2) is 4.39 Å². The minimum absolute atomic E-state index is 0.0457. The Morgan fingerprint density at radius 3 is 2.82 bits per heavy atom. The number of halogens is 1. The first-order valence-corrected chi connectivity index (χ1v) is 13.7. The Balaban J connectivity index is 1.35. The maximum absolute atomic E-state index is 13.8. The fraction of sp³-hybridized carbons (Fsp3) is 0.379. The van der Waals surface area contributed by atoms with Gasteiger partial charge in [0.15, 0.2) is 11.5 Å². The van der Waals surface area contributed by atoms with Crippen LogP contribution in [0.5, 0.6) is 17.2 Å². The third-order valence-electron chi connectivity index (χ3n) is 6.83. The summed E-state index contributed by atoms with van der Waals surface area (Å²) in [5, 5.41) is 2.02. The second-order valence-electron chi connectivity index (χ2n) is 9.90. The van der Waals surface area contributed by atoms with E-state index in [0.29, 0.717) is 41.8 Å². The highest BCUT2D eigenvalue weighted by Gasteiger charge is 2.34. The molecule has 0 radical (unpaired) electrons. The molecule has 1 aromatic heterocycles. The number of amides is 2. The van der Waals surface area contributed by atoms with Gasteiger partial charge >= 0.3 is 0 Å². The zero-order valence-electron chi connectivity index (χ0n) is 21.5. The zero-order valence-corrected chi connectivity index (χ0v) is 22.3. The van der Waals surface area contributed by atoms with Gasteiger partial charge in [-0.1, -0.05) is 19.9 Å². The van der Waals surface area contributed by atoms with Crippen LogP contribution in [0.1, 0.15) is 47.1 Å². The van der Waals surface area contributed by atoms with E-state index in [2.05, 4.69) is 13.8 Å². The van der Waals surface area contributed by atoms with E-state index >= 15 is 0 Å². The Bertz CT molecular complexity index is 1310. The zero-order chi connectivity index (χ0) is 26.6. The molecule has 2 aliphatic rings. The standard InChI is InChI=1S/C29H31FN2O5S/c1-19(2)8-11-31(29(34)20-6-7-25-26(14-20)37-18-36-25)16-28(33)32-12-9-27-23(10-13-38-27)24(32)17-35-22-5-3-4-21(30)15-22/h3-7,10,13-15,19,24H,8-9,11-12,16-18H2,1-2H3/t24-/m0/s1. The molecule has 0 saturated heterocycles. The molecule has 3 heterocycles. The topological polar surface area (TPSA) is 68.3 Å². The number of benzene rings is 2. The van der Waals surface area contributed by atoms with Crippen LogP contribution < -0.4 is 14.2 Å². The van der Waals surface area contributed by atoms with Gasteiger partial charge < -0.3 is 24.0 Å². The highest BCUT2D eigenvalue weighted by Crippen LogP contribution is 2.35. The Hall–Kier alpha value is -3.59. The number of rotatable bonds is 9. The van der Waals surface area contributed by atoms with Gasteiger partial charge in [-0.2, -0.15) is 0 Å². The Kier molecular flexibility index (Phi) is 7.83. The van der Waals surface area contributed by atoms with E-state index in [1.807, 2.05) is 11.4 Å². The summed E-state index contributed by atoms with van der Waals surface area (Å²) in [6.07, 6.45) is 1.52. The lowest BCUT2D eigenvalue weighted by atomic mass is 10.00. The first-order chi connectivity index (χ1) is 18.4. The smallest absolute Gasteiger partial charge is 0.254 e. The van der Waals surface area contributed by atoms with Gasteiger partial charge in [-0.3, -0.25) is 9.59 Å². The highest BCUT2D eigenvalue weighted by molar-refractivity contribution is 7.10. The van der Waals surface area contributed by atoms with Crippen LogP contribution in [0.4, 0.5) is 4.39 Å². The lowest BCUT2D eigenvalue weighted by Gasteiger charge is -2.37. The van der Waals surface area contributed by atoms with E-state index in [0.717, 1.165) is 18.4 Å². The van der Waals surface area contributed by atoms with E-state index in [-0.39, 0.29) is 43.6 Å². The molecule has 2 amide bonds. The van der Waals surface area contributed by atoms with Crippen molar-refractivity contribution in [3.63, 3.8) is 0 Å². The SMILES string of the molecule is CC(C)CCN(CC(=O)N1CCc2sccc2[C@@H]1COc1cccc(F)c1)C(=O)c1ccc2c(c1)OCO2. The molecule has 3 aromatic rings. The van der Waals surface area contributed by atoms with Gasteiger partial charge in [0.05, 0.1) is 6.04 Å². The molecular weight excluding hydrogens is 507 g/mol. The van der Waals surface area contributed by atoms with Gasteiger partial charge in [0.1, 0.15) is 24.7 Å². The number of fused-ring (bicyclic) bond motifs is 2. The van der Waals surface area contributed by atoms with Crippen molar-refractivity contribution in [1.82, 2.24) is 9.80 Å². The third-order valence-corrected chi connectivity index (χ3v) is 7.82. The van der Waals surface area contributed by atoms with Crippen LogP contribution >= 0.6 is 11.3 Å². The molecule has 0 saturated carbocycles. The molecule has 7 nitrogen and oxygen atoms in total. The second-order valence-corrected chi connectivity index (χ2v) is 10.9. The summed E-state index contributed by atoms with van der Waals surface area (Å²) in [5.74, 6) is 1.17. The van der Waals surface area contributed by atoms with E-state index < -0.39 is 0 Å². The summed E-state index contributed by atoms with van der Waals surface area (Å²) in [4.78, 5) is 31.9. The molecule has 0 N–H and O–H groups in total. The van der Waals surface area contributed by atoms with Crippen LogP contribution in [0, 0.1) is 11.7 Å². The molecule has 38 heavy (non-hydrogen) atoms. The van der Waals surface area contributed by atoms with Crippen LogP contribution in [-0.2, 0) is 11.2 Å². The fourth-order valence-electron chi connectivity index (χ4n) is 4.74. The van der Waals surface area contributed by atoms with Gasteiger partial charge in [0.25, 0.3) is 5.91 Å². The lowest BCUT2D eigenvalue weighted by molar-refractivity contribution is -0.135. The van der Waals surface area contributed by atoms with Gasteiger partial charge in [-0.05, 0) is 66.1 Å². The van der Waals surface area contributed by atoms with E-state index in [9.17, 15) is 14.0 Å². The number of thiophene rings is 1. The van der Waals surface area contributed by atoms with Crippen molar-refractivity contribution in [2.45, 2.75) is 32.7 Å². The van der Waals surface area contributed by atoms with Crippen LogP contribution in [0.15, 0.2) is 53.9 Å². The number of nitrogens with zero attached hydrogens (tertiary/aromatic N) is 2. The lowest BCUT2D eigenvalue weighted by Crippen LogP contribution is -2.48. The van der Waals surface area contributed by atoms with Crippen molar-refractivity contribution in [2.75, 3.05) is 33.0 Å². The van der Waals surface area contributed by atoms with E-state index in [1.54, 1.807) is 51.5 Å². The Morgan fingerprint density at radius 2 is 2.00 bits per heavy atom. The number of hydrogen-bond acceptors (Lipinski definition) is 6. The molecule has 2 aliphatic heterocycles. The second kappa shape index (κ2) is 11.4. The molecule has 0 unspecified atom stereocenters. The molecule has 1 atom stereocenters. The highest BCUT2D eigenvalue weighted by atomic mass is 32.1. The monoisotopic (exact) mass is 538 g/mol. The number of hydrogen-bond donors (Lipinski definition) is 0. The Labute approximate surface area is 225 Å². The van der Waals surface area contributed by atoms with Crippen molar-refractivity contribution in [3.8, 4) is 17.2 Å². The molecule has 9 heteroatoms. The minimum Gasteiger partial charge on any atom is -0.491 e. The summed E-state index contributed by atoms with van der Waals surface area (Å²) in [7, 11) is 0. The van der Waals surface area contributed by atoms with Gasteiger partial charge in [0, 0.05) is 29.6 Å². The van der Waals surface area contributed by atoms with Crippen molar-refractivity contribution in [3.05, 3.63) is 75.7 Å². The molecule has 0 fully saturated rings. The van der Waals surface area contributed by atoms with Crippen molar-refractivity contribution in [2.24, 2.45) is 5.92 Å². The quantitative estimate of drug-likeness (QED) is 0.370. The van der Waals surface area contributed by atoms with Crippen molar-refractivity contribution >= 4 is 23.2 Å². The molecule has 0 spiro atoms. The summed E-state index contributed by atoms with van der Waals surface area (Å²) in [6.45, 7) is 5.44. The average molecular weight is 539 g/mol. The minimum atomic E-state index is -0.377. The molecule has 200 valence electrons. The van der Waals surface area contributed by atoms with Crippen LogP contribution in [-0.4, -0.2) is 54.6 Å². The molecule has 0 aliphatic carbocycles. The maximum atomic E-state index is 13.8. The molecule has 0 bridgehead atoms. The maximum Gasteiger partial charge on any atom is 0.254 e. The van der Waals surface area contributed by atoms with Crippen LogP contribution in [0.25, 0.3) is 0 Å². The molecular formula is C29H31FN2O5S. The normalized spacial score (nSPS) is 15.9. The number of carbonyl (C=O) groups excluding carboxylic acids is 2. The predicted molar refractivity (Wildman–Crippen MR) is 142 cm³/mol. The van der Waals surface area contributed by atoms with Crippen molar-refractivity contribution < 1.29 is 28.2 Å². The van der Waals surface area contributed by atoms with E-state index in [1.165, 1.54) is 17.0 Å². The first-order valence-electron chi connectivity index (χ1n) is 12.8. The first kappa shape index (κ1) is 26.0. The molecule has 2 aromatic carbocycles. The summed E-state index contributed by atoms with van der Waals surface area (Å²) < 4.78 is 30.5. The van der Waals surface area contributed by atoms with Crippen LogP contribution in [0.3, 0.4) is 0 Å². The number of carbonyl (C=O) groups is 2. The van der Waals surface area contributed by atoms with E-state index in [4.69, 9.17) is 14.2 Å². The van der Waals surface area contributed by atoms with Crippen molar-refractivity contribution in [1.29, 1.82) is 0 Å². The predicted octanol–water partition coefficient (Wildman–Crippen LogP) is 5.31. The summed E-state index contributed by atoms with van der Waals surface area (Å²) in [6, 6.07) is 12.8. The average Bonchev–Trinajstić information content (AvgIpc) is 3.58. The molecule has 5 rings (SSSR count). The van der Waals surface area contributed by atoms with Crippen LogP contribution in [0.2, 0.25) is 0 Å². The van der Waals surface area contributed by atoms with Gasteiger partial charge in [0.2, 0.25) is 12.7 Å². The largest absolute Gasteiger partial charge is 0.491 e. The number of ether oxygens (including phenoxy) is 3. The third kappa shape index (κ3) is 5.78. The Morgan fingerprint density at radius 1 is 1.16 bits per heavy atom. The summed E-state index contributed by atoms with van der Waals surface area (Å²) in [5.41, 5.74) is 1.50. The fourth-order valence-corrected chi connectivity index (χ4v) is 5.67.